The summed E-state index contributed by atoms with van der Waals surface area (Å²) in [4.78, 5) is 36.1. The van der Waals surface area contributed by atoms with Crippen LogP contribution in [-0.2, 0) is 4.79 Å². The minimum absolute atomic E-state index is 0.0427. The zero-order valence-corrected chi connectivity index (χ0v) is 16.0. The van der Waals surface area contributed by atoms with Gasteiger partial charge in [0, 0.05) is 31.7 Å². The summed E-state index contributed by atoms with van der Waals surface area (Å²) in [5, 5.41) is 0.499. The predicted octanol–water partition coefficient (Wildman–Crippen LogP) is 2.45. The summed E-state index contributed by atoms with van der Waals surface area (Å²) in [5.74, 6) is 1.06. The summed E-state index contributed by atoms with van der Waals surface area (Å²) in [6.07, 6.45) is 2.39. The van der Waals surface area contributed by atoms with Gasteiger partial charge in [0.1, 0.15) is 17.1 Å². The first kappa shape index (κ1) is 19.1. The van der Waals surface area contributed by atoms with Gasteiger partial charge in [-0.25, -0.2) is 9.97 Å². The molecule has 0 aliphatic carbocycles. The number of halogens is 1. The molecule has 1 saturated heterocycles. The Balaban J connectivity index is 1.58. The second-order valence-electron chi connectivity index (χ2n) is 6.35. The number of aromatic nitrogens is 2. The quantitative estimate of drug-likeness (QED) is 0.732. The van der Waals surface area contributed by atoms with Gasteiger partial charge in [-0.15, -0.1) is 0 Å². The summed E-state index contributed by atoms with van der Waals surface area (Å²) < 4.78 is 5.75. The molecule has 1 amide bonds. The van der Waals surface area contributed by atoms with Crippen LogP contribution in [0.25, 0.3) is 0 Å². The molecule has 0 radical (unpaired) electrons. The summed E-state index contributed by atoms with van der Waals surface area (Å²) in [6.45, 7) is 5.60. The van der Waals surface area contributed by atoms with E-state index in [1.165, 1.54) is 13.3 Å². The number of anilines is 1. The minimum atomic E-state index is -0.638. The van der Waals surface area contributed by atoms with Gasteiger partial charge in [0.05, 0.1) is 6.20 Å². The second kappa shape index (κ2) is 8.35. The van der Waals surface area contributed by atoms with Crippen molar-refractivity contribution in [3.05, 3.63) is 47.4 Å². The zero-order valence-electron chi connectivity index (χ0n) is 15.3. The Morgan fingerprint density at radius 1 is 1.22 bits per heavy atom. The number of amides is 1. The normalized spacial score (nSPS) is 15.4. The van der Waals surface area contributed by atoms with Crippen LogP contribution in [0.3, 0.4) is 0 Å². The maximum atomic E-state index is 12.7. The standard InChI is InChI=1S/C19H21ClN4O3/c1-13(25)15-4-3-5-16(10-15)27-14(2)19(26)24-8-6-23(7-9-24)18-17(20)11-21-12-22-18/h3-5,10-12,14H,6-9H2,1-2H3. The lowest BCUT2D eigenvalue weighted by Crippen LogP contribution is -2.52. The van der Waals surface area contributed by atoms with Gasteiger partial charge in [-0.2, -0.15) is 0 Å². The number of benzene rings is 1. The number of carbonyl (C=O) groups is 2. The van der Waals surface area contributed by atoms with Crippen LogP contribution in [0, 0.1) is 0 Å². The summed E-state index contributed by atoms with van der Waals surface area (Å²) in [7, 11) is 0. The van der Waals surface area contributed by atoms with Gasteiger partial charge in [-0.05, 0) is 26.0 Å². The maximum Gasteiger partial charge on any atom is 0.263 e. The zero-order chi connectivity index (χ0) is 19.4. The van der Waals surface area contributed by atoms with Crippen LogP contribution in [0.15, 0.2) is 36.8 Å². The van der Waals surface area contributed by atoms with Gasteiger partial charge in [0.15, 0.2) is 17.7 Å². The first-order chi connectivity index (χ1) is 13.0. The van der Waals surface area contributed by atoms with Crippen LogP contribution < -0.4 is 9.64 Å². The van der Waals surface area contributed by atoms with Crippen molar-refractivity contribution < 1.29 is 14.3 Å². The number of carbonyl (C=O) groups excluding carboxylic acids is 2. The molecule has 1 aromatic carbocycles. The van der Waals surface area contributed by atoms with Crippen molar-refractivity contribution in [2.24, 2.45) is 0 Å². The molecule has 0 N–H and O–H groups in total. The third-order valence-corrected chi connectivity index (χ3v) is 4.71. The van der Waals surface area contributed by atoms with Gasteiger partial charge in [0.2, 0.25) is 0 Å². The summed E-state index contributed by atoms with van der Waals surface area (Å²) >= 11 is 6.14. The molecule has 2 heterocycles. The van der Waals surface area contributed by atoms with Crippen molar-refractivity contribution in [2.45, 2.75) is 20.0 Å². The molecule has 1 unspecified atom stereocenters. The van der Waals surface area contributed by atoms with Gasteiger partial charge >= 0.3 is 0 Å². The maximum absolute atomic E-state index is 12.7. The molecule has 0 bridgehead atoms. The van der Waals surface area contributed by atoms with E-state index < -0.39 is 6.10 Å². The van der Waals surface area contributed by atoms with Crippen LogP contribution in [0.1, 0.15) is 24.2 Å². The van der Waals surface area contributed by atoms with E-state index in [1.807, 2.05) is 4.90 Å². The highest BCUT2D eigenvalue weighted by Gasteiger charge is 2.27. The molecule has 1 aliphatic heterocycles. The number of hydrogen-bond donors (Lipinski definition) is 0. The van der Waals surface area contributed by atoms with Crippen LogP contribution in [0.2, 0.25) is 5.02 Å². The molecule has 8 heteroatoms. The van der Waals surface area contributed by atoms with Gasteiger partial charge in [0.25, 0.3) is 5.91 Å². The lowest BCUT2D eigenvalue weighted by molar-refractivity contribution is -0.138. The fourth-order valence-corrected chi connectivity index (χ4v) is 3.20. The van der Waals surface area contributed by atoms with E-state index >= 15 is 0 Å². The van der Waals surface area contributed by atoms with Crippen molar-refractivity contribution in [3.8, 4) is 5.75 Å². The Morgan fingerprint density at radius 2 is 1.96 bits per heavy atom. The molecular formula is C19H21ClN4O3. The number of ether oxygens (including phenoxy) is 1. The molecule has 1 aliphatic rings. The Hall–Kier alpha value is -2.67. The van der Waals surface area contributed by atoms with E-state index in [2.05, 4.69) is 9.97 Å². The van der Waals surface area contributed by atoms with E-state index in [-0.39, 0.29) is 11.7 Å². The summed E-state index contributed by atoms with van der Waals surface area (Å²) in [6, 6.07) is 6.86. The molecule has 1 fully saturated rings. The highest BCUT2D eigenvalue weighted by atomic mass is 35.5. The minimum Gasteiger partial charge on any atom is -0.481 e. The van der Waals surface area contributed by atoms with E-state index in [1.54, 1.807) is 42.3 Å². The van der Waals surface area contributed by atoms with Gasteiger partial charge in [-0.1, -0.05) is 23.7 Å². The van der Waals surface area contributed by atoms with Crippen LogP contribution in [0.5, 0.6) is 5.75 Å². The average Bonchev–Trinajstić information content (AvgIpc) is 2.68. The van der Waals surface area contributed by atoms with Crippen LogP contribution in [-0.4, -0.2) is 58.8 Å². The van der Waals surface area contributed by atoms with Crippen molar-refractivity contribution in [3.63, 3.8) is 0 Å². The Morgan fingerprint density at radius 3 is 2.63 bits per heavy atom. The fraction of sp³-hybridized carbons (Fsp3) is 0.368. The lowest BCUT2D eigenvalue weighted by Gasteiger charge is -2.36. The highest BCUT2D eigenvalue weighted by Crippen LogP contribution is 2.23. The fourth-order valence-electron chi connectivity index (χ4n) is 2.98. The molecule has 0 spiro atoms. The van der Waals surface area contributed by atoms with Crippen molar-refractivity contribution >= 4 is 29.1 Å². The number of hydrogen-bond acceptors (Lipinski definition) is 6. The van der Waals surface area contributed by atoms with Crippen molar-refractivity contribution in [1.29, 1.82) is 0 Å². The third-order valence-electron chi connectivity index (χ3n) is 4.44. The number of rotatable bonds is 5. The smallest absolute Gasteiger partial charge is 0.263 e. The Bertz CT molecular complexity index is 837. The van der Waals surface area contributed by atoms with Gasteiger partial charge < -0.3 is 14.5 Å². The predicted molar refractivity (Wildman–Crippen MR) is 102 cm³/mol. The summed E-state index contributed by atoms with van der Waals surface area (Å²) in [5.41, 5.74) is 0.558. The molecule has 0 saturated carbocycles. The molecular weight excluding hydrogens is 368 g/mol. The largest absolute Gasteiger partial charge is 0.481 e. The molecule has 1 aromatic heterocycles. The third kappa shape index (κ3) is 4.54. The lowest BCUT2D eigenvalue weighted by atomic mass is 10.1. The topological polar surface area (TPSA) is 75.6 Å². The number of ketones is 1. The van der Waals surface area contributed by atoms with Crippen LogP contribution in [0.4, 0.5) is 5.82 Å². The Labute approximate surface area is 162 Å². The molecule has 27 heavy (non-hydrogen) atoms. The molecule has 7 nitrogen and oxygen atoms in total. The number of nitrogens with zero attached hydrogens (tertiary/aromatic N) is 4. The molecule has 2 aromatic rings. The highest BCUT2D eigenvalue weighted by molar-refractivity contribution is 6.32. The van der Waals surface area contributed by atoms with Crippen molar-refractivity contribution in [2.75, 3.05) is 31.1 Å². The molecule has 3 rings (SSSR count). The average molecular weight is 389 g/mol. The SMILES string of the molecule is CC(=O)c1cccc(OC(C)C(=O)N2CCN(c3ncncc3Cl)CC2)c1. The second-order valence-corrected chi connectivity index (χ2v) is 6.76. The van der Waals surface area contributed by atoms with Gasteiger partial charge in [-0.3, -0.25) is 9.59 Å². The number of Topliss-reactive ketones (excluding diaryl/α,β-unsaturated/α-hetero) is 1. The molecule has 1 atom stereocenters. The van der Waals surface area contributed by atoms with Crippen molar-refractivity contribution in [1.82, 2.24) is 14.9 Å². The first-order valence-corrected chi connectivity index (χ1v) is 9.10. The van der Waals surface area contributed by atoms with E-state index in [0.29, 0.717) is 48.3 Å². The van der Waals surface area contributed by atoms with E-state index in [0.717, 1.165) is 0 Å². The Kier molecular flexibility index (Phi) is 5.91. The first-order valence-electron chi connectivity index (χ1n) is 8.72. The van der Waals surface area contributed by atoms with Crippen LogP contribution >= 0.6 is 11.6 Å². The van der Waals surface area contributed by atoms with E-state index in [9.17, 15) is 9.59 Å². The monoisotopic (exact) mass is 388 g/mol. The van der Waals surface area contributed by atoms with E-state index in [4.69, 9.17) is 16.3 Å². The molecule has 142 valence electrons. The number of piperazine rings is 1.